The number of hydrogen-bond acceptors (Lipinski definition) is 3. The van der Waals surface area contributed by atoms with Crippen molar-refractivity contribution >= 4 is 22.6 Å². The van der Waals surface area contributed by atoms with Crippen molar-refractivity contribution in [1.82, 2.24) is 14.8 Å². The second-order valence-corrected chi connectivity index (χ2v) is 7.39. The summed E-state index contributed by atoms with van der Waals surface area (Å²) in [6.07, 6.45) is -4.58. The van der Waals surface area contributed by atoms with Crippen molar-refractivity contribution < 1.29 is 17.9 Å². The van der Waals surface area contributed by atoms with E-state index in [1.54, 1.807) is 36.4 Å². The Morgan fingerprint density at radius 2 is 1.67 bits per heavy atom. The van der Waals surface area contributed by atoms with Crippen molar-refractivity contribution in [2.24, 2.45) is 0 Å². The van der Waals surface area contributed by atoms with E-state index in [1.165, 1.54) is 11.6 Å². The van der Waals surface area contributed by atoms with Gasteiger partial charge in [0.1, 0.15) is 6.61 Å². The van der Waals surface area contributed by atoms with Gasteiger partial charge in [-0.05, 0) is 43.7 Å². The molecule has 0 aliphatic carbocycles. The van der Waals surface area contributed by atoms with Crippen LogP contribution in [0.2, 0.25) is 5.02 Å². The first-order valence-corrected chi connectivity index (χ1v) is 9.52. The summed E-state index contributed by atoms with van der Waals surface area (Å²) in [4.78, 5) is 4.35. The van der Waals surface area contributed by atoms with Crippen LogP contribution in [0.4, 0.5) is 13.2 Å². The number of ether oxygens (including phenoxy) is 1. The summed E-state index contributed by atoms with van der Waals surface area (Å²) in [5.74, 6) is -0.127. The molecule has 30 heavy (non-hydrogen) atoms. The predicted molar refractivity (Wildman–Crippen MR) is 109 cm³/mol. The average molecular weight is 432 g/mol. The monoisotopic (exact) mass is 431 g/mol. The molecule has 4 aromatic rings. The highest BCUT2D eigenvalue weighted by Gasteiger charge is 2.36. The van der Waals surface area contributed by atoms with Crippen molar-refractivity contribution in [3.8, 4) is 11.6 Å². The Hall–Kier alpha value is -3.06. The number of fused-ring (bicyclic) bond motifs is 1. The second kappa shape index (κ2) is 7.65. The van der Waals surface area contributed by atoms with Gasteiger partial charge in [0.15, 0.2) is 5.65 Å². The first kappa shape index (κ1) is 20.2. The van der Waals surface area contributed by atoms with Gasteiger partial charge in [-0.2, -0.15) is 23.3 Å². The lowest BCUT2D eigenvalue weighted by Crippen LogP contribution is -2.09. The molecule has 154 valence electrons. The molecule has 0 unspecified atom stereocenters. The van der Waals surface area contributed by atoms with Gasteiger partial charge in [-0.15, -0.1) is 0 Å². The molecule has 2 aromatic carbocycles. The van der Waals surface area contributed by atoms with E-state index in [4.69, 9.17) is 16.3 Å². The Bertz CT molecular complexity index is 1200. The van der Waals surface area contributed by atoms with Crippen LogP contribution < -0.4 is 4.74 Å². The first-order valence-electron chi connectivity index (χ1n) is 9.14. The number of aryl methyl sites for hydroxylation is 2. The third-order valence-electron chi connectivity index (χ3n) is 4.67. The van der Waals surface area contributed by atoms with Crippen LogP contribution in [-0.4, -0.2) is 14.8 Å². The molecule has 0 spiro atoms. The number of halogens is 4. The van der Waals surface area contributed by atoms with Crippen LogP contribution >= 0.6 is 11.6 Å². The summed E-state index contributed by atoms with van der Waals surface area (Å²) in [6.45, 7) is 3.53. The number of hydrogen-bond donors (Lipinski definition) is 0. The van der Waals surface area contributed by atoms with Crippen molar-refractivity contribution in [2.75, 3.05) is 0 Å². The van der Waals surface area contributed by atoms with E-state index in [-0.39, 0.29) is 29.2 Å². The summed E-state index contributed by atoms with van der Waals surface area (Å²) < 4.78 is 48.5. The number of nitrogens with zero attached hydrogens (tertiary/aromatic N) is 3. The third-order valence-corrected chi connectivity index (χ3v) is 4.93. The molecule has 0 radical (unpaired) electrons. The molecule has 2 aromatic heterocycles. The first-order chi connectivity index (χ1) is 14.2. The Morgan fingerprint density at radius 1 is 1.00 bits per heavy atom. The Labute approximate surface area is 175 Å². The SMILES string of the molecule is Cc1ccc(-n2nc(C)c3c(C(F)(F)F)cc(OCc4ccc(Cl)cc4)nc32)cc1. The zero-order chi connectivity index (χ0) is 21.5. The molecule has 0 saturated carbocycles. The molecule has 4 nitrogen and oxygen atoms in total. The molecule has 2 heterocycles. The molecule has 0 fully saturated rings. The fourth-order valence-corrected chi connectivity index (χ4v) is 3.29. The minimum Gasteiger partial charge on any atom is -0.473 e. The van der Waals surface area contributed by atoms with Crippen LogP contribution in [0.3, 0.4) is 0 Å². The van der Waals surface area contributed by atoms with Gasteiger partial charge in [0.25, 0.3) is 0 Å². The summed E-state index contributed by atoms with van der Waals surface area (Å²) in [5.41, 5.74) is 1.93. The molecule has 4 rings (SSSR count). The second-order valence-electron chi connectivity index (χ2n) is 6.95. The van der Waals surface area contributed by atoms with E-state index in [2.05, 4.69) is 10.1 Å². The van der Waals surface area contributed by atoms with Gasteiger partial charge in [0.2, 0.25) is 5.88 Å². The minimum absolute atomic E-state index is 0.0399. The Kier molecular flexibility index (Phi) is 5.15. The largest absolute Gasteiger partial charge is 0.473 e. The van der Waals surface area contributed by atoms with Crippen LogP contribution in [0.25, 0.3) is 16.7 Å². The standard InChI is InChI=1S/C22H17ClF3N3O/c1-13-3-9-17(10-4-13)29-21-20(14(2)28-29)18(22(24,25)26)11-19(27-21)30-12-15-5-7-16(23)8-6-15/h3-11H,12H2,1-2H3. The molecule has 0 amide bonds. The van der Waals surface area contributed by atoms with Crippen molar-refractivity contribution in [1.29, 1.82) is 0 Å². The molecule has 0 atom stereocenters. The molecule has 0 aliphatic rings. The van der Waals surface area contributed by atoms with Gasteiger partial charge in [0.05, 0.1) is 22.3 Å². The fourth-order valence-electron chi connectivity index (χ4n) is 3.17. The zero-order valence-corrected chi connectivity index (χ0v) is 16.9. The molecular formula is C22H17ClF3N3O. The van der Waals surface area contributed by atoms with E-state index in [0.717, 1.165) is 17.2 Å². The number of aromatic nitrogens is 3. The lowest BCUT2D eigenvalue weighted by Gasteiger charge is -2.12. The Balaban J connectivity index is 1.82. The van der Waals surface area contributed by atoms with Crippen molar-refractivity contribution in [3.63, 3.8) is 0 Å². The maximum Gasteiger partial charge on any atom is 0.417 e. The number of pyridine rings is 1. The summed E-state index contributed by atoms with van der Waals surface area (Å²) >= 11 is 5.86. The predicted octanol–water partition coefficient (Wildman–Crippen LogP) is 6.29. The zero-order valence-electron chi connectivity index (χ0n) is 16.2. The summed E-state index contributed by atoms with van der Waals surface area (Å²) in [7, 11) is 0. The van der Waals surface area contributed by atoms with E-state index >= 15 is 0 Å². The smallest absolute Gasteiger partial charge is 0.417 e. The number of benzene rings is 2. The topological polar surface area (TPSA) is 39.9 Å². The maximum absolute atomic E-state index is 13.8. The Morgan fingerprint density at radius 3 is 2.30 bits per heavy atom. The third kappa shape index (κ3) is 3.98. The van der Waals surface area contributed by atoms with E-state index in [0.29, 0.717) is 10.7 Å². The van der Waals surface area contributed by atoms with E-state index in [9.17, 15) is 13.2 Å². The quantitative estimate of drug-likeness (QED) is 0.381. The van der Waals surface area contributed by atoms with Gasteiger partial charge in [-0.3, -0.25) is 0 Å². The van der Waals surface area contributed by atoms with Gasteiger partial charge in [-0.25, -0.2) is 4.68 Å². The van der Waals surface area contributed by atoms with Crippen molar-refractivity contribution in [3.05, 3.63) is 82.0 Å². The van der Waals surface area contributed by atoms with Crippen LogP contribution in [0.15, 0.2) is 54.6 Å². The van der Waals surface area contributed by atoms with Gasteiger partial charge >= 0.3 is 6.18 Å². The van der Waals surface area contributed by atoms with Crippen LogP contribution in [0.5, 0.6) is 5.88 Å². The van der Waals surface area contributed by atoms with Crippen molar-refractivity contribution in [2.45, 2.75) is 26.6 Å². The van der Waals surface area contributed by atoms with Gasteiger partial charge in [-0.1, -0.05) is 41.4 Å². The molecule has 0 N–H and O–H groups in total. The summed E-state index contributed by atoms with van der Waals surface area (Å²) in [5, 5.41) is 4.84. The summed E-state index contributed by atoms with van der Waals surface area (Å²) in [6, 6.07) is 15.1. The average Bonchev–Trinajstić information content (AvgIpc) is 3.03. The lowest BCUT2D eigenvalue weighted by molar-refractivity contribution is -0.136. The lowest BCUT2D eigenvalue weighted by atomic mass is 10.1. The molecule has 0 bridgehead atoms. The van der Waals surface area contributed by atoms with Crippen LogP contribution in [-0.2, 0) is 12.8 Å². The highest BCUT2D eigenvalue weighted by Crippen LogP contribution is 2.38. The molecule has 0 saturated heterocycles. The van der Waals surface area contributed by atoms with Crippen LogP contribution in [0.1, 0.15) is 22.4 Å². The highest BCUT2D eigenvalue weighted by atomic mass is 35.5. The van der Waals surface area contributed by atoms with Gasteiger partial charge in [0, 0.05) is 11.1 Å². The fraction of sp³-hybridized carbons (Fsp3) is 0.182. The molecular weight excluding hydrogens is 415 g/mol. The molecule has 8 heteroatoms. The maximum atomic E-state index is 13.8. The molecule has 0 aliphatic heterocycles. The van der Waals surface area contributed by atoms with E-state index in [1.807, 2.05) is 19.1 Å². The van der Waals surface area contributed by atoms with Crippen LogP contribution in [0, 0.1) is 13.8 Å². The minimum atomic E-state index is -4.58. The highest BCUT2D eigenvalue weighted by molar-refractivity contribution is 6.30. The number of alkyl halides is 3. The number of rotatable bonds is 4. The van der Waals surface area contributed by atoms with Gasteiger partial charge < -0.3 is 4.74 Å². The van der Waals surface area contributed by atoms with E-state index < -0.39 is 11.7 Å². The normalized spacial score (nSPS) is 11.8.